The quantitative estimate of drug-likeness (QED) is 0.329. The largest absolute Gasteiger partial charge is 0.494 e. The van der Waals surface area contributed by atoms with Gasteiger partial charge >= 0.3 is 18.2 Å². The number of rotatable bonds is 13. The summed E-state index contributed by atoms with van der Waals surface area (Å²) in [6.45, 7) is 8.73. The van der Waals surface area contributed by atoms with Crippen molar-refractivity contribution in [2.45, 2.75) is 33.1 Å². The minimum absolute atomic E-state index is 0.0614. The van der Waals surface area contributed by atoms with Crippen LogP contribution in [0.3, 0.4) is 0 Å². The topological polar surface area (TPSA) is 89.5 Å². The van der Waals surface area contributed by atoms with Crippen molar-refractivity contribution in [1.82, 2.24) is 0 Å². The van der Waals surface area contributed by atoms with E-state index in [2.05, 4.69) is 6.92 Å². The molecule has 0 fully saturated rings. The lowest BCUT2D eigenvalue weighted by Crippen LogP contribution is -2.15. The molecule has 31 heavy (non-hydrogen) atoms. The first-order chi connectivity index (χ1) is 15.1. The Balaban J connectivity index is 1.78. The summed E-state index contributed by atoms with van der Waals surface area (Å²) in [5.74, 6) is -0.231. The van der Waals surface area contributed by atoms with E-state index in [1.807, 2.05) is 13.8 Å². The number of benzene rings is 2. The first kappa shape index (κ1) is 24.2. The number of hydrogen-bond donors (Lipinski definition) is 0. The molecule has 2 rings (SSSR count). The Morgan fingerprint density at radius 2 is 1.06 bits per heavy atom. The van der Waals surface area contributed by atoms with Crippen LogP contribution >= 0.6 is 0 Å². The van der Waals surface area contributed by atoms with Crippen molar-refractivity contribution in [3.63, 3.8) is 0 Å². The van der Waals surface area contributed by atoms with Gasteiger partial charge < -0.3 is 9.47 Å². The van der Waals surface area contributed by atoms with Crippen molar-refractivity contribution in [3.8, 4) is 11.5 Å². The van der Waals surface area contributed by atoms with Crippen LogP contribution in [0.5, 0.6) is 11.5 Å². The van der Waals surface area contributed by atoms with Gasteiger partial charge in [-0.25, -0.2) is 9.59 Å². The van der Waals surface area contributed by atoms with Gasteiger partial charge in [0.25, 0.3) is 0 Å². The molecule has 0 heterocycles. The maximum absolute atomic E-state index is 12.1. The Morgan fingerprint density at radius 1 is 0.677 bits per heavy atom. The van der Waals surface area contributed by atoms with Gasteiger partial charge in [0, 0.05) is 6.42 Å². The van der Waals surface area contributed by atoms with E-state index in [1.54, 1.807) is 24.3 Å². The predicted molar refractivity (Wildman–Crippen MR) is 111 cm³/mol. The Morgan fingerprint density at radius 3 is 1.39 bits per heavy atom. The van der Waals surface area contributed by atoms with Crippen LogP contribution in [-0.2, 0) is 19.6 Å². The molecule has 0 N–H and O–H groups in total. The van der Waals surface area contributed by atoms with Crippen LogP contribution in [0, 0.1) is 13.2 Å². The lowest BCUT2D eigenvalue weighted by Gasteiger charge is -2.12. The molecule has 2 radical (unpaired) electrons. The monoisotopic (exact) mass is 430 g/mol. The summed E-state index contributed by atoms with van der Waals surface area (Å²) in [6.07, 6.45) is 1.40. The Kier molecular flexibility index (Phi) is 10.3. The molecule has 8 heteroatoms. The summed E-state index contributed by atoms with van der Waals surface area (Å²) in [6, 6.07) is 12.7. The van der Waals surface area contributed by atoms with E-state index in [9.17, 15) is 9.59 Å². The molecule has 0 unspecified atom stereocenters. The van der Waals surface area contributed by atoms with E-state index in [0.29, 0.717) is 24.7 Å². The molecule has 2 aromatic carbocycles. The van der Waals surface area contributed by atoms with E-state index in [0.717, 1.165) is 12.8 Å². The van der Waals surface area contributed by atoms with Gasteiger partial charge in [-0.1, -0.05) is 13.8 Å². The fourth-order valence-corrected chi connectivity index (χ4v) is 2.18. The van der Waals surface area contributed by atoms with Crippen molar-refractivity contribution >= 4 is 11.9 Å². The summed E-state index contributed by atoms with van der Waals surface area (Å²) in [5, 5.41) is 0. The van der Waals surface area contributed by atoms with Gasteiger partial charge in [-0.3, -0.25) is 9.78 Å². The van der Waals surface area contributed by atoms with Crippen LogP contribution in [0.2, 0.25) is 0 Å². The lowest BCUT2D eigenvalue weighted by atomic mass is 10.2. The minimum Gasteiger partial charge on any atom is -0.494 e. The molecule has 0 aromatic heterocycles. The average molecular weight is 430 g/mol. The molecule has 2 aromatic rings. The molecule has 0 aliphatic carbocycles. The number of hydrogen-bond acceptors (Lipinski definition) is 8. The van der Waals surface area contributed by atoms with Crippen LogP contribution in [0.1, 0.15) is 53.8 Å². The van der Waals surface area contributed by atoms with Gasteiger partial charge in [0.05, 0.1) is 24.3 Å². The molecule has 0 saturated heterocycles. The second kappa shape index (κ2) is 13.3. The van der Waals surface area contributed by atoms with E-state index >= 15 is 0 Å². The van der Waals surface area contributed by atoms with Gasteiger partial charge in [-0.05, 0) is 68.3 Å². The van der Waals surface area contributed by atoms with Gasteiger partial charge in [-0.2, -0.15) is 0 Å². The van der Waals surface area contributed by atoms with Gasteiger partial charge in [-0.15, -0.1) is 9.78 Å². The van der Waals surface area contributed by atoms with Crippen molar-refractivity contribution in [2.75, 3.05) is 13.2 Å². The van der Waals surface area contributed by atoms with E-state index in [4.69, 9.17) is 29.0 Å². The summed E-state index contributed by atoms with van der Waals surface area (Å²) in [7, 11) is 0. The molecule has 0 aliphatic heterocycles. The minimum atomic E-state index is -0.759. The summed E-state index contributed by atoms with van der Waals surface area (Å²) < 4.78 is 10.9. The standard InChI is InChI=1S/C23H26O8/c1-4-15-26-19-11-7-17(8-12-19)22(24)30-28-21(6-3)29-31-23(25)18-9-13-20(14-10-18)27-16-5-2/h7-14H,3-6,15-16H2,1-2H3. The zero-order chi connectivity index (χ0) is 22.5. The van der Waals surface area contributed by atoms with Gasteiger partial charge in [0.2, 0.25) is 0 Å². The fraction of sp³-hybridized carbons (Fsp3) is 0.304. The van der Waals surface area contributed by atoms with Crippen LogP contribution in [0.15, 0.2) is 48.5 Å². The smallest absolute Gasteiger partial charge is 0.373 e. The summed E-state index contributed by atoms with van der Waals surface area (Å²) in [4.78, 5) is 43.1. The predicted octanol–water partition coefficient (Wildman–Crippen LogP) is 4.85. The molecular weight excluding hydrogens is 404 g/mol. The molecular formula is C23H26O8. The molecule has 0 bridgehead atoms. The van der Waals surface area contributed by atoms with Gasteiger partial charge in [0.15, 0.2) is 0 Å². The van der Waals surface area contributed by atoms with Crippen molar-refractivity contribution in [3.05, 3.63) is 72.9 Å². The third kappa shape index (κ3) is 8.27. The molecule has 0 atom stereocenters. The molecule has 8 nitrogen and oxygen atoms in total. The second-order valence-electron chi connectivity index (χ2n) is 6.28. The first-order valence-electron chi connectivity index (χ1n) is 9.95. The maximum Gasteiger partial charge on any atom is 0.373 e. The molecule has 0 aliphatic rings. The van der Waals surface area contributed by atoms with E-state index in [-0.39, 0.29) is 23.8 Å². The third-order valence-corrected chi connectivity index (χ3v) is 3.75. The highest BCUT2D eigenvalue weighted by atomic mass is 17.3. The van der Waals surface area contributed by atoms with Crippen molar-refractivity contribution in [2.24, 2.45) is 0 Å². The number of carbonyl (C=O) groups excluding carboxylic acids is 2. The zero-order valence-corrected chi connectivity index (χ0v) is 17.6. The second-order valence-corrected chi connectivity index (χ2v) is 6.28. The lowest BCUT2D eigenvalue weighted by molar-refractivity contribution is -0.362. The van der Waals surface area contributed by atoms with Gasteiger partial charge in [0.1, 0.15) is 11.5 Å². The van der Waals surface area contributed by atoms with E-state index < -0.39 is 11.9 Å². The summed E-state index contributed by atoms with van der Waals surface area (Å²) in [5.41, 5.74) is 0.490. The van der Waals surface area contributed by atoms with Crippen LogP contribution in [0.4, 0.5) is 0 Å². The number of ether oxygens (including phenoxy) is 2. The van der Waals surface area contributed by atoms with Crippen LogP contribution < -0.4 is 9.47 Å². The molecule has 0 saturated carbocycles. The Labute approximate surface area is 181 Å². The normalized spacial score (nSPS) is 10.6. The molecule has 0 amide bonds. The molecule has 166 valence electrons. The van der Waals surface area contributed by atoms with Crippen LogP contribution in [-0.4, -0.2) is 25.2 Å². The Hall–Kier alpha value is -3.10. The average Bonchev–Trinajstić information content (AvgIpc) is 2.81. The third-order valence-electron chi connectivity index (χ3n) is 3.75. The highest BCUT2D eigenvalue weighted by Crippen LogP contribution is 2.17. The maximum atomic E-state index is 12.1. The Bertz CT molecular complexity index is 734. The van der Waals surface area contributed by atoms with Crippen LogP contribution in [0.25, 0.3) is 0 Å². The highest BCUT2D eigenvalue weighted by molar-refractivity contribution is 5.89. The van der Waals surface area contributed by atoms with E-state index in [1.165, 1.54) is 24.3 Å². The SMILES string of the molecule is [CH2]C[C](OOC(=O)c1ccc(OCCC)cc1)OOC(=O)c1ccc(OCCC)cc1. The fourth-order valence-electron chi connectivity index (χ4n) is 2.18. The zero-order valence-electron chi connectivity index (χ0n) is 17.6. The molecule has 0 spiro atoms. The highest BCUT2D eigenvalue weighted by Gasteiger charge is 2.20. The first-order valence-corrected chi connectivity index (χ1v) is 9.95. The van der Waals surface area contributed by atoms with Crippen molar-refractivity contribution in [1.29, 1.82) is 0 Å². The van der Waals surface area contributed by atoms with Crippen molar-refractivity contribution < 1.29 is 38.6 Å². The number of carbonyl (C=O) groups is 2. The summed E-state index contributed by atoms with van der Waals surface area (Å²) >= 11 is 0.